The van der Waals surface area contributed by atoms with Crippen LogP contribution < -0.4 is 0 Å². The first-order valence-electron chi connectivity index (χ1n) is 15.2. The van der Waals surface area contributed by atoms with Crippen LogP contribution in [0, 0.1) is 0 Å². The Labute approximate surface area is 264 Å². The molecule has 2 heterocycles. The monoisotopic (exact) mass is 590 g/mol. The van der Waals surface area contributed by atoms with Gasteiger partial charge < -0.3 is 0 Å². The van der Waals surface area contributed by atoms with Gasteiger partial charge in [0.25, 0.3) is 0 Å². The summed E-state index contributed by atoms with van der Waals surface area (Å²) in [6, 6.07) is 56.0. The molecule has 0 aliphatic rings. The number of benzene rings is 7. The lowest BCUT2D eigenvalue weighted by Crippen LogP contribution is -1.96. The minimum absolute atomic E-state index is 0.730. The van der Waals surface area contributed by atoms with Gasteiger partial charge in [-0.05, 0) is 50.9 Å². The van der Waals surface area contributed by atoms with E-state index in [0.29, 0.717) is 0 Å². The normalized spacial score (nSPS) is 11.6. The molecule has 7 aromatic carbocycles. The van der Waals surface area contributed by atoms with E-state index in [-0.39, 0.29) is 0 Å². The van der Waals surface area contributed by atoms with Crippen LogP contribution in [0.5, 0.6) is 0 Å². The smallest absolute Gasteiger partial charge is 0.160 e. The molecule has 210 valence electrons. The minimum atomic E-state index is 0.730. The Balaban J connectivity index is 1.25. The molecule has 0 radical (unpaired) electrons. The number of rotatable bonds is 4. The van der Waals surface area contributed by atoms with Gasteiger partial charge >= 0.3 is 0 Å². The predicted octanol–water partition coefficient (Wildman–Crippen LogP) is 11.8. The molecule has 0 aliphatic heterocycles. The van der Waals surface area contributed by atoms with Crippen molar-refractivity contribution in [1.29, 1.82) is 0 Å². The van der Waals surface area contributed by atoms with Gasteiger partial charge in [-0.1, -0.05) is 140 Å². The Morgan fingerprint density at radius 3 is 1.93 bits per heavy atom. The summed E-state index contributed by atoms with van der Waals surface area (Å²) in [4.78, 5) is 10.2. The predicted molar refractivity (Wildman–Crippen MR) is 192 cm³/mol. The number of hydrogen-bond donors (Lipinski definition) is 0. The van der Waals surface area contributed by atoms with Crippen molar-refractivity contribution in [2.75, 3.05) is 0 Å². The van der Waals surface area contributed by atoms with E-state index in [2.05, 4.69) is 133 Å². The average molecular weight is 591 g/mol. The highest BCUT2D eigenvalue weighted by Crippen LogP contribution is 2.44. The maximum Gasteiger partial charge on any atom is 0.160 e. The highest BCUT2D eigenvalue weighted by Gasteiger charge is 2.17. The van der Waals surface area contributed by atoms with Gasteiger partial charge in [0.1, 0.15) is 0 Å². The molecule has 0 N–H and O–H groups in total. The second-order valence-electron chi connectivity index (χ2n) is 11.4. The summed E-state index contributed by atoms with van der Waals surface area (Å²) >= 11 is 1.86. The summed E-state index contributed by atoms with van der Waals surface area (Å²) < 4.78 is 2.54. The molecular formula is C42H26N2S. The first kappa shape index (κ1) is 25.8. The zero-order valence-electron chi connectivity index (χ0n) is 24.3. The van der Waals surface area contributed by atoms with E-state index >= 15 is 0 Å². The Kier molecular flexibility index (Phi) is 6.03. The SMILES string of the molecule is c1ccc(-c2cc(-c3cccc4sc5c(-c6ccc7c(ccc8ccccc87)c6)cccc5c34)nc(-c3ccccc3)n2)cc1. The summed E-state index contributed by atoms with van der Waals surface area (Å²) in [6.07, 6.45) is 0. The molecule has 0 saturated carbocycles. The van der Waals surface area contributed by atoms with Crippen molar-refractivity contribution in [3.63, 3.8) is 0 Å². The molecule has 0 aliphatic carbocycles. The maximum atomic E-state index is 5.17. The topological polar surface area (TPSA) is 25.8 Å². The quantitative estimate of drug-likeness (QED) is 0.191. The number of nitrogens with zero attached hydrogens (tertiary/aromatic N) is 2. The molecule has 0 fully saturated rings. The van der Waals surface area contributed by atoms with Crippen molar-refractivity contribution in [3.05, 3.63) is 158 Å². The van der Waals surface area contributed by atoms with Gasteiger partial charge in [-0.3, -0.25) is 0 Å². The molecule has 0 amide bonds. The largest absolute Gasteiger partial charge is 0.228 e. The number of fused-ring (bicyclic) bond motifs is 6. The van der Waals surface area contributed by atoms with Gasteiger partial charge in [0.15, 0.2) is 5.82 Å². The third-order valence-electron chi connectivity index (χ3n) is 8.68. The second-order valence-corrected chi connectivity index (χ2v) is 12.4. The van der Waals surface area contributed by atoms with Crippen molar-refractivity contribution in [3.8, 4) is 45.0 Å². The summed E-state index contributed by atoms with van der Waals surface area (Å²) in [6.45, 7) is 0. The van der Waals surface area contributed by atoms with Crippen molar-refractivity contribution >= 4 is 53.1 Å². The fraction of sp³-hybridized carbons (Fsp3) is 0. The number of aromatic nitrogens is 2. The number of thiophene rings is 1. The van der Waals surface area contributed by atoms with Gasteiger partial charge in [0.05, 0.1) is 11.4 Å². The van der Waals surface area contributed by atoms with Crippen LogP contribution in [0.15, 0.2) is 158 Å². The van der Waals surface area contributed by atoms with Crippen LogP contribution >= 0.6 is 11.3 Å². The van der Waals surface area contributed by atoms with E-state index in [1.807, 2.05) is 35.6 Å². The van der Waals surface area contributed by atoms with Crippen molar-refractivity contribution in [2.24, 2.45) is 0 Å². The zero-order chi connectivity index (χ0) is 29.7. The van der Waals surface area contributed by atoms with Crippen molar-refractivity contribution in [2.45, 2.75) is 0 Å². The summed E-state index contributed by atoms with van der Waals surface area (Å²) in [5, 5.41) is 7.60. The maximum absolute atomic E-state index is 5.17. The summed E-state index contributed by atoms with van der Waals surface area (Å²) in [5.74, 6) is 0.730. The molecule has 45 heavy (non-hydrogen) atoms. The van der Waals surface area contributed by atoms with E-state index in [0.717, 1.165) is 33.9 Å². The lowest BCUT2D eigenvalue weighted by atomic mass is 9.96. The van der Waals surface area contributed by atoms with Crippen molar-refractivity contribution in [1.82, 2.24) is 9.97 Å². The zero-order valence-corrected chi connectivity index (χ0v) is 25.1. The highest BCUT2D eigenvalue weighted by molar-refractivity contribution is 7.26. The van der Waals surface area contributed by atoms with Crippen LogP contribution in [0.4, 0.5) is 0 Å². The third-order valence-corrected chi connectivity index (χ3v) is 9.89. The molecule has 0 bridgehead atoms. The van der Waals surface area contributed by atoms with Crippen LogP contribution in [-0.2, 0) is 0 Å². The van der Waals surface area contributed by atoms with Gasteiger partial charge in [-0.25, -0.2) is 9.97 Å². The van der Waals surface area contributed by atoms with Gasteiger partial charge in [0, 0.05) is 36.9 Å². The number of hydrogen-bond acceptors (Lipinski definition) is 3. The average Bonchev–Trinajstić information content (AvgIpc) is 3.51. The van der Waals surface area contributed by atoms with E-state index in [1.165, 1.54) is 52.8 Å². The van der Waals surface area contributed by atoms with E-state index in [1.54, 1.807) is 0 Å². The molecule has 9 aromatic rings. The molecule has 0 atom stereocenters. The minimum Gasteiger partial charge on any atom is -0.228 e. The lowest BCUT2D eigenvalue weighted by Gasteiger charge is -2.11. The van der Waals surface area contributed by atoms with E-state index in [9.17, 15) is 0 Å². The van der Waals surface area contributed by atoms with E-state index < -0.39 is 0 Å². The van der Waals surface area contributed by atoms with Crippen LogP contribution in [0.1, 0.15) is 0 Å². The molecule has 2 nitrogen and oxygen atoms in total. The molecule has 0 unspecified atom stereocenters. The Bertz CT molecular complexity index is 2470. The lowest BCUT2D eigenvalue weighted by molar-refractivity contribution is 1.19. The molecule has 0 saturated heterocycles. The van der Waals surface area contributed by atoms with Crippen molar-refractivity contribution < 1.29 is 0 Å². The first-order valence-corrected chi connectivity index (χ1v) is 16.0. The van der Waals surface area contributed by atoms with Crippen LogP contribution in [-0.4, -0.2) is 9.97 Å². The Morgan fingerprint density at radius 2 is 1.07 bits per heavy atom. The second kappa shape index (κ2) is 10.5. The fourth-order valence-electron chi connectivity index (χ4n) is 6.53. The summed E-state index contributed by atoms with van der Waals surface area (Å²) in [7, 11) is 0. The molecular weight excluding hydrogens is 565 g/mol. The molecule has 3 heteroatoms. The van der Waals surface area contributed by atoms with Crippen LogP contribution in [0.3, 0.4) is 0 Å². The molecule has 0 spiro atoms. The summed E-state index contributed by atoms with van der Waals surface area (Å²) in [5.41, 5.74) is 7.54. The van der Waals surface area contributed by atoms with Crippen LogP contribution in [0.25, 0.3) is 86.7 Å². The Hall–Kier alpha value is -5.64. The fourth-order valence-corrected chi connectivity index (χ4v) is 7.79. The molecule has 2 aromatic heterocycles. The van der Waals surface area contributed by atoms with Gasteiger partial charge in [-0.15, -0.1) is 11.3 Å². The molecule has 9 rings (SSSR count). The first-order chi connectivity index (χ1) is 22.3. The van der Waals surface area contributed by atoms with Crippen LogP contribution in [0.2, 0.25) is 0 Å². The Morgan fingerprint density at radius 1 is 0.400 bits per heavy atom. The van der Waals surface area contributed by atoms with E-state index in [4.69, 9.17) is 9.97 Å². The standard InChI is InChI=1S/C42H26N2S/c1-3-12-28(13-4-1)37-26-38(44-42(43-37)29-14-5-2-6-15-29)35-18-10-20-39-40(35)36-19-9-17-34(41(36)45-39)31-23-24-33-30(25-31)22-21-27-11-7-8-16-32(27)33/h1-26H. The van der Waals surface area contributed by atoms with Gasteiger partial charge in [-0.2, -0.15) is 0 Å². The van der Waals surface area contributed by atoms with Gasteiger partial charge in [0.2, 0.25) is 0 Å². The highest BCUT2D eigenvalue weighted by atomic mass is 32.1. The third kappa shape index (κ3) is 4.40.